The van der Waals surface area contributed by atoms with E-state index in [1.54, 1.807) is 24.3 Å². The van der Waals surface area contributed by atoms with Crippen LogP contribution in [0, 0.1) is 0 Å². The van der Waals surface area contributed by atoms with E-state index in [2.05, 4.69) is 16.2 Å². The van der Waals surface area contributed by atoms with E-state index in [1.807, 2.05) is 60.7 Å². The van der Waals surface area contributed by atoms with E-state index < -0.39 is 5.92 Å². The average Bonchev–Trinajstić information content (AvgIpc) is 2.75. The first-order chi connectivity index (χ1) is 14.5. The molecule has 0 saturated heterocycles. The Balaban J connectivity index is 1.59. The van der Waals surface area contributed by atoms with Crippen LogP contribution >= 0.6 is 23.8 Å². The number of carbonyl (C=O) groups excluding carboxylic acids is 2. The van der Waals surface area contributed by atoms with Gasteiger partial charge < -0.3 is 5.32 Å². The first-order valence-corrected chi connectivity index (χ1v) is 10.1. The van der Waals surface area contributed by atoms with Gasteiger partial charge in [0.1, 0.15) is 0 Å². The van der Waals surface area contributed by atoms with Crippen molar-refractivity contribution in [3.63, 3.8) is 0 Å². The Hall–Kier alpha value is -3.22. The lowest BCUT2D eigenvalue weighted by atomic mass is 9.91. The Bertz CT molecular complexity index is 972. The summed E-state index contributed by atoms with van der Waals surface area (Å²) in [5.74, 6) is -1.11. The number of carbonyl (C=O) groups is 2. The minimum atomic E-state index is -0.521. The second-order valence-corrected chi connectivity index (χ2v) is 7.39. The predicted molar refractivity (Wildman–Crippen MR) is 122 cm³/mol. The third kappa shape index (κ3) is 6.14. The number of hydrogen-bond acceptors (Lipinski definition) is 3. The molecular weight excluding hydrogens is 418 g/mol. The monoisotopic (exact) mass is 437 g/mol. The van der Waals surface area contributed by atoms with Gasteiger partial charge >= 0.3 is 0 Å². The number of nitrogens with one attached hydrogen (secondary N) is 3. The summed E-state index contributed by atoms with van der Waals surface area (Å²) in [7, 11) is 0. The van der Waals surface area contributed by atoms with Crippen LogP contribution in [-0.4, -0.2) is 16.9 Å². The molecule has 0 aromatic heterocycles. The Kier molecular flexibility index (Phi) is 7.54. The first kappa shape index (κ1) is 21.5. The van der Waals surface area contributed by atoms with Gasteiger partial charge in [-0.2, -0.15) is 0 Å². The molecule has 0 radical (unpaired) electrons. The molecule has 0 fully saturated rings. The van der Waals surface area contributed by atoms with Crippen LogP contribution in [-0.2, 0) is 16.0 Å². The zero-order valence-corrected chi connectivity index (χ0v) is 17.5. The molecule has 3 rings (SSSR count). The van der Waals surface area contributed by atoms with E-state index in [9.17, 15) is 9.59 Å². The molecule has 0 atom stereocenters. The van der Waals surface area contributed by atoms with E-state index in [1.165, 1.54) is 0 Å². The lowest BCUT2D eigenvalue weighted by Gasteiger charge is -2.19. The summed E-state index contributed by atoms with van der Waals surface area (Å²) in [6, 6.07) is 25.9. The molecule has 3 aromatic rings. The van der Waals surface area contributed by atoms with E-state index >= 15 is 0 Å². The van der Waals surface area contributed by atoms with Gasteiger partial charge in [-0.05, 0) is 41.0 Å². The summed E-state index contributed by atoms with van der Waals surface area (Å²) in [6.07, 6.45) is 0.142. The molecule has 3 aromatic carbocycles. The topological polar surface area (TPSA) is 70.2 Å². The lowest BCUT2D eigenvalue weighted by Crippen LogP contribution is -2.50. The lowest BCUT2D eigenvalue weighted by molar-refractivity contribution is -0.122. The van der Waals surface area contributed by atoms with Crippen LogP contribution in [0.15, 0.2) is 84.9 Å². The molecule has 0 spiro atoms. The molecule has 3 N–H and O–H groups in total. The van der Waals surface area contributed by atoms with Crippen molar-refractivity contribution in [3.05, 3.63) is 107 Å². The number of thiocarbonyl (C=S) groups is 1. The van der Waals surface area contributed by atoms with Crippen LogP contribution in [0.2, 0.25) is 5.02 Å². The first-order valence-electron chi connectivity index (χ1n) is 9.27. The minimum Gasteiger partial charge on any atom is -0.302 e. The van der Waals surface area contributed by atoms with E-state index in [0.29, 0.717) is 5.02 Å². The van der Waals surface area contributed by atoms with Crippen molar-refractivity contribution < 1.29 is 9.59 Å². The van der Waals surface area contributed by atoms with Crippen LogP contribution in [0.3, 0.4) is 0 Å². The molecule has 0 bridgehead atoms. The smallest absolute Gasteiger partial charge is 0.250 e. The van der Waals surface area contributed by atoms with Crippen molar-refractivity contribution in [1.82, 2.24) is 16.2 Å². The van der Waals surface area contributed by atoms with Gasteiger partial charge in [-0.1, -0.05) is 84.4 Å². The van der Waals surface area contributed by atoms with Crippen molar-refractivity contribution in [2.45, 2.75) is 12.3 Å². The van der Waals surface area contributed by atoms with Gasteiger partial charge in [-0.25, -0.2) is 0 Å². The summed E-state index contributed by atoms with van der Waals surface area (Å²) < 4.78 is 0. The summed E-state index contributed by atoms with van der Waals surface area (Å²) in [5, 5.41) is 3.17. The van der Waals surface area contributed by atoms with E-state index in [-0.39, 0.29) is 23.3 Å². The summed E-state index contributed by atoms with van der Waals surface area (Å²) in [4.78, 5) is 25.0. The maximum absolute atomic E-state index is 12.9. The highest BCUT2D eigenvalue weighted by atomic mass is 35.5. The molecule has 2 amide bonds. The Morgan fingerprint density at radius 3 is 1.87 bits per heavy atom. The zero-order valence-electron chi connectivity index (χ0n) is 16.0. The largest absolute Gasteiger partial charge is 0.302 e. The van der Waals surface area contributed by atoms with Gasteiger partial charge in [0.05, 0.1) is 12.3 Å². The molecule has 152 valence electrons. The van der Waals surface area contributed by atoms with Crippen LogP contribution in [0.5, 0.6) is 0 Å². The summed E-state index contributed by atoms with van der Waals surface area (Å²) in [6.45, 7) is 0. The second kappa shape index (κ2) is 10.5. The van der Waals surface area contributed by atoms with Crippen LogP contribution in [0.1, 0.15) is 22.6 Å². The van der Waals surface area contributed by atoms with Crippen LogP contribution in [0.25, 0.3) is 0 Å². The Morgan fingerprint density at radius 1 is 0.800 bits per heavy atom. The van der Waals surface area contributed by atoms with Crippen LogP contribution < -0.4 is 16.2 Å². The number of amides is 2. The summed E-state index contributed by atoms with van der Waals surface area (Å²) in [5.41, 5.74) is 7.70. The molecular formula is C23H20ClN3O2S. The standard InChI is InChI=1S/C23H20ClN3O2S/c24-19-13-11-16(12-14-19)15-20(28)25-23(30)27-26-22(29)21(17-7-3-1-4-8-17)18-9-5-2-6-10-18/h1-14,21H,15H2,(H,26,29)(H2,25,27,28,30). The molecule has 7 heteroatoms. The maximum Gasteiger partial charge on any atom is 0.250 e. The predicted octanol–water partition coefficient (Wildman–Crippen LogP) is 3.74. The Morgan fingerprint density at radius 2 is 1.33 bits per heavy atom. The highest BCUT2D eigenvalue weighted by Gasteiger charge is 2.22. The molecule has 30 heavy (non-hydrogen) atoms. The van der Waals surface area contributed by atoms with Gasteiger partial charge in [0, 0.05) is 5.02 Å². The molecule has 0 aliphatic heterocycles. The fraction of sp³-hybridized carbons (Fsp3) is 0.0870. The number of rotatable bonds is 5. The van der Waals surface area contributed by atoms with Crippen molar-refractivity contribution in [1.29, 1.82) is 0 Å². The average molecular weight is 438 g/mol. The molecule has 0 aliphatic carbocycles. The van der Waals surface area contributed by atoms with E-state index in [0.717, 1.165) is 16.7 Å². The minimum absolute atomic E-state index is 0.0159. The molecule has 0 heterocycles. The molecule has 0 unspecified atom stereocenters. The summed E-state index contributed by atoms with van der Waals surface area (Å²) >= 11 is 11.0. The fourth-order valence-corrected chi connectivity index (χ4v) is 3.26. The zero-order chi connectivity index (χ0) is 21.3. The van der Waals surface area contributed by atoms with E-state index in [4.69, 9.17) is 23.8 Å². The van der Waals surface area contributed by atoms with Gasteiger partial charge in [0.15, 0.2) is 5.11 Å². The number of benzene rings is 3. The van der Waals surface area contributed by atoms with Crippen molar-refractivity contribution in [2.24, 2.45) is 0 Å². The third-order valence-electron chi connectivity index (χ3n) is 4.36. The third-order valence-corrected chi connectivity index (χ3v) is 4.81. The van der Waals surface area contributed by atoms with Crippen molar-refractivity contribution >= 4 is 40.7 Å². The van der Waals surface area contributed by atoms with Gasteiger partial charge in [0.25, 0.3) is 0 Å². The Labute approximate surface area is 185 Å². The normalized spacial score (nSPS) is 10.3. The van der Waals surface area contributed by atoms with Gasteiger partial charge in [-0.3, -0.25) is 20.4 Å². The maximum atomic E-state index is 12.9. The molecule has 5 nitrogen and oxygen atoms in total. The van der Waals surface area contributed by atoms with Gasteiger partial charge in [0.2, 0.25) is 11.8 Å². The van der Waals surface area contributed by atoms with Crippen molar-refractivity contribution in [2.75, 3.05) is 0 Å². The molecule has 0 aliphatic rings. The quantitative estimate of drug-likeness (QED) is 0.420. The molecule has 0 saturated carbocycles. The second-order valence-electron chi connectivity index (χ2n) is 6.55. The fourth-order valence-electron chi connectivity index (χ4n) is 2.97. The van der Waals surface area contributed by atoms with Gasteiger partial charge in [-0.15, -0.1) is 0 Å². The van der Waals surface area contributed by atoms with Crippen molar-refractivity contribution in [3.8, 4) is 0 Å². The highest BCUT2D eigenvalue weighted by molar-refractivity contribution is 7.80. The van der Waals surface area contributed by atoms with Crippen LogP contribution in [0.4, 0.5) is 0 Å². The highest BCUT2D eigenvalue weighted by Crippen LogP contribution is 2.24. The SMILES string of the molecule is O=C(Cc1ccc(Cl)cc1)NC(=S)NNC(=O)C(c1ccccc1)c1ccccc1. The number of halogens is 1. The number of hydrazine groups is 1. The number of hydrogen-bond donors (Lipinski definition) is 3.